The Hall–Kier alpha value is -3.65. The summed E-state index contributed by atoms with van der Waals surface area (Å²) in [4.78, 5) is 8.84. The van der Waals surface area contributed by atoms with E-state index in [0.29, 0.717) is 28.7 Å². The van der Waals surface area contributed by atoms with E-state index in [1.54, 1.807) is 12.1 Å². The summed E-state index contributed by atoms with van der Waals surface area (Å²) in [6.07, 6.45) is 1.12. The van der Waals surface area contributed by atoms with Crippen LogP contribution in [0.3, 0.4) is 0 Å². The molecule has 0 radical (unpaired) electrons. The highest BCUT2D eigenvalue weighted by atomic mass is 32.1. The molecule has 0 amide bonds. The van der Waals surface area contributed by atoms with Gasteiger partial charge in [-0.2, -0.15) is 13.2 Å². The summed E-state index contributed by atoms with van der Waals surface area (Å²) in [5.41, 5.74) is 4.11. The average Bonchev–Trinajstić information content (AvgIpc) is 3.05. The Bertz CT molecular complexity index is 1330. The van der Waals surface area contributed by atoms with Gasteiger partial charge in [-0.1, -0.05) is 36.4 Å². The molecule has 4 nitrogen and oxygen atoms in total. The number of nitrogens with one attached hydrogen (secondary N) is 1. The van der Waals surface area contributed by atoms with Crippen molar-refractivity contribution < 1.29 is 13.2 Å². The Labute approximate surface area is 221 Å². The van der Waals surface area contributed by atoms with E-state index in [1.807, 2.05) is 55.3 Å². The second-order valence-electron chi connectivity index (χ2n) is 8.86. The highest BCUT2D eigenvalue weighted by Crippen LogP contribution is 2.35. The van der Waals surface area contributed by atoms with Gasteiger partial charge in [-0.25, -0.2) is 4.98 Å². The molecule has 0 bridgehead atoms. The number of benzene rings is 2. The number of aromatic nitrogens is 1. The lowest BCUT2D eigenvalue weighted by Crippen LogP contribution is -2.36. The molecule has 1 N–H and O–H groups in total. The number of nitrogens with zero attached hydrogens (tertiary/aromatic N) is 3. The molecule has 0 fully saturated rings. The molecule has 0 saturated heterocycles. The fraction of sp³-hybridized carbons (Fsp3) is 0.241. The molecule has 0 unspecified atom stereocenters. The summed E-state index contributed by atoms with van der Waals surface area (Å²) in [6, 6.07) is 16.9. The first-order valence-corrected chi connectivity index (χ1v) is 12.5. The normalized spacial score (nSPS) is 14.1. The summed E-state index contributed by atoms with van der Waals surface area (Å²) in [5.74, 6) is 0.615. The van der Waals surface area contributed by atoms with E-state index in [4.69, 9.17) is 17.2 Å². The maximum Gasteiger partial charge on any atom is 0.416 e. The van der Waals surface area contributed by atoms with Crippen LogP contribution in [0.2, 0.25) is 0 Å². The van der Waals surface area contributed by atoms with Crippen molar-refractivity contribution in [2.75, 3.05) is 35.3 Å². The second kappa shape index (κ2) is 11.2. The van der Waals surface area contributed by atoms with E-state index in [9.17, 15) is 13.2 Å². The SMILES string of the molecule is C=CC/C(=C\C)c1cccc(NC(=S)N2CCCN(C)c3ccc(-c4cccc(C(F)(F)F)c4)nc32)c1. The van der Waals surface area contributed by atoms with Crippen molar-refractivity contribution in [1.82, 2.24) is 4.98 Å². The molecule has 0 aliphatic carbocycles. The molecule has 3 aromatic rings. The lowest BCUT2D eigenvalue weighted by Gasteiger charge is -2.26. The van der Waals surface area contributed by atoms with Gasteiger partial charge in [0.15, 0.2) is 10.9 Å². The number of hydrogen-bond acceptors (Lipinski definition) is 3. The average molecular weight is 523 g/mol. The Balaban J connectivity index is 1.68. The molecule has 1 aliphatic heterocycles. The van der Waals surface area contributed by atoms with Crippen molar-refractivity contribution in [2.45, 2.75) is 25.9 Å². The zero-order valence-electron chi connectivity index (χ0n) is 20.8. The Kier molecular flexibility index (Phi) is 7.97. The summed E-state index contributed by atoms with van der Waals surface area (Å²) in [5, 5.41) is 3.82. The molecule has 37 heavy (non-hydrogen) atoms. The summed E-state index contributed by atoms with van der Waals surface area (Å²) in [6.45, 7) is 7.27. The van der Waals surface area contributed by atoms with Gasteiger partial charge >= 0.3 is 6.18 Å². The quantitative estimate of drug-likeness (QED) is 0.273. The number of anilines is 3. The number of pyridine rings is 1. The number of halogens is 3. The molecule has 8 heteroatoms. The molecule has 0 spiro atoms. The fourth-order valence-corrected chi connectivity index (χ4v) is 4.68. The predicted octanol–water partition coefficient (Wildman–Crippen LogP) is 7.79. The van der Waals surface area contributed by atoms with Crippen molar-refractivity contribution in [3.8, 4) is 11.3 Å². The van der Waals surface area contributed by atoms with Crippen LogP contribution < -0.4 is 15.1 Å². The molecular weight excluding hydrogens is 493 g/mol. The maximum atomic E-state index is 13.3. The van der Waals surface area contributed by atoms with Gasteiger partial charge in [-0.15, -0.1) is 6.58 Å². The smallest absolute Gasteiger partial charge is 0.372 e. The largest absolute Gasteiger partial charge is 0.416 e. The van der Waals surface area contributed by atoms with Gasteiger partial charge in [0.05, 0.1) is 16.9 Å². The number of allylic oxidation sites excluding steroid dienone is 3. The van der Waals surface area contributed by atoms with Gasteiger partial charge in [-0.05, 0) is 79.5 Å². The van der Waals surface area contributed by atoms with Crippen molar-refractivity contribution in [1.29, 1.82) is 0 Å². The fourth-order valence-electron chi connectivity index (χ4n) is 4.39. The third-order valence-electron chi connectivity index (χ3n) is 6.32. The number of rotatable bonds is 5. The van der Waals surface area contributed by atoms with Crippen LogP contribution in [0.25, 0.3) is 16.8 Å². The molecule has 1 aliphatic rings. The molecule has 0 saturated carbocycles. The monoisotopic (exact) mass is 522 g/mol. The molecule has 192 valence electrons. The van der Waals surface area contributed by atoms with Crippen LogP contribution in [-0.2, 0) is 6.18 Å². The van der Waals surface area contributed by atoms with E-state index in [2.05, 4.69) is 22.9 Å². The first kappa shape index (κ1) is 26.4. The van der Waals surface area contributed by atoms with Gasteiger partial charge in [0.25, 0.3) is 0 Å². The number of hydrogen-bond donors (Lipinski definition) is 1. The molecule has 4 rings (SSSR count). The zero-order valence-corrected chi connectivity index (χ0v) is 21.7. The lowest BCUT2D eigenvalue weighted by atomic mass is 10.0. The Morgan fingerprint density at radius 2 is 1.89 bits per heavy atom. The second-order valence-corrected chi connectivity index (χ2v) is 9.25. The van der Waals surface area contributed by atoms with E-state index in [0.717, 1.165) is 48.5 Å². The van der Waals surface area contributed by atoms with Gasteiger partial charge in [-0.3, -0.25) is 0 Å². The summed E-state index contributed by atoms with van der Waals surface area (Å²) < 4.78 is 39.9. The van der Waals surface area contributed by atoms with E-state index in [1.165, 1.54) is 11.6 Å². The lowest BCUT2D eigenvalue weighted by molar-refractivity contribution is -0.137. The van der Waals surface area contributed by atoms with Crippen LogP contribution in [-0.4, -0.2) is 30.2 Å². The van der Waals surface area contributed by atoms with Crippen LogP contribution in [0.15, 0.2) is 79.4 Å². The minimum absolute atomic E-state index is 0.400. The third-order valence-corrected chi connectivity index (χ3v) is 6.65. The number of thiocarbonyl (C=S) groups is 1. The van der Waals surface area contributed by atoms with Crippen LogP contribution in [0, 0.1) is 0 Å². The van der Waals surface area contributed by atoms with Crippen LogP contribution in [0.4, 0.5) is 30.4 Å². The van der Waals surface area contributed by atoms with Crippen molar-refractivity contribution in [3.63, 3.8) is 0 Å². The molecule has 2 aromatic carbocycles. The third kappa shape index (κ3) is 6.02. The molecule has 2 heterocycles. The van der Waals surface area contributed by atoms with Crippen molar-refractivity contribution in [3.05, 3.63) is 90.5 Å². The van der Waals surface area contributed by atoms with Crippen LogP contribution in [0.1, 0.15) is 30.9 Å². The van der Waals surface area contributed by atoms with E-state index < -0.39 is 11.7 Å². The molecule has 0 atom stereocenters. The topological polar surface area (TPSA) is 31.4 Å². The van der Waals surface area contributed by atoms with Crippen molar-refractivity contribution in [2.24, 2.45) is 0 Å². The van der Waals surface area contributed by atoms with Gasteiger partial charge in [0.1, 0.15) is 0 Å². The minimum atomic E-state index is -4.42. The highest BCUT2D eigenvalue weighted by Gasteiger charge is 2.31. The van der Waals surface area contributed by atoms with Crippen LogP contribution >= 0.6 is 12.2 Å². The highest BCUT2D eigenvalue weighted by molar-refractivity contribution is 7.80. The zero-order chi connectivity index (χ0) is 26.6. The minimum Gasteiger partial charge on any atom is -0.372 e. The summed E-state index contributed by atoms with van der Waals surface area (Å²) in [7, 11) is 1.98. The van der Waals surface area contributed by atoms with Gasteiger partial charge < -0.3 is 15.1 Å². The Morgan fingerprint density at radius 1 is 1.11 bits per heavy atom. The van der Waals surface area contributed by atoms with E-state index >= 15 is 0 Å². The molecule has 1 aromatic heterocycles. The van der Waals surface area contributed by atoms with Crippen molar-refractivity contribution >= 4 is 40.1 Å². The molecular formula is C29H29F3N4S. The van der Waals surface area contributed by atoms with Gasteiger partial charge in [0.2, 0.25) is 0 Å². The maximum absolute atomic E-state index is 13.3. The number of alkyl halides is 3. The number of fused-ring (bicyclic) bond motifs is 1. The predicted molar refractivity (Wildman–Crippen MR) is 151 cm³/mol. The van der Waals surface area contributed by atoms with Gasteiger partial charge in [0, 0.05) is 31.4 Å². The standard InChI is InChI=1S/C29H29F3N4S/c1-4-9-20(5-2)21-10-7-13-24(19-21)33-28(37)36-17-8-16-35(3)26-15-14-25(34-27(26)36)22-11-6-12-23(18-22)29(30,31)32/h4-7,10-15,18-19H,1,8-9,16-17H2,2-3H3,(H,33,37)/b20-5+. The van der Waals surface area contributed by atoms with Crippen LogP contribution in [0.5, 0.6) is 0 Å². The van der Waals surface area contributed by atoms with E-state index in [-0.39, 0.29) is 0 Å². The first-order valence-electron chi connectivity index (χ1n) is 12.1. The first-order chi connectivity index (χ1) is 17.7. The summed E-state index contributed by atoms with van der Waals surface area (Å²) >= 11 is 5.83. The Morgan fingerprint density at radius 3 is 2.62 bits per heavy atom.